The number of halogens is 1. The molecule has 2 heterocycles. The van der Waals surface area contributed by atoms with Crippen LogP contribution in [0.5, 0.6) is 0 Å². The number of aliphatic imine (C=N–C) groups is 1. The van der Waals surface area contributed by atoms with E-state index >= 15 is 0 Å². The molecule has 1 fully saturated rings. The van der Waals surface area contributed by atoms with E-state index in [0.717, 1.165) is 48.8 Å². The summed E-state index contributed by atoms with van der Waals surface area (Å²) >= 11 is 6.35. The normalized spacial score (nSPS) is 20.1. The summed E-state index contributed by atoms with van der Waals surface area (Å²) in [5.74, 6) is 0. The van der Waals surface area contributed by atoms with Gasteiger partial charge in [0.25, 0.3) is 0 Å². The second-order valence-electron chi connectivity index (χ2n) is 7.37. The van der Waals surface area contributed by atoms with E-state index in [-0.39, 0.29) is 5.54 Å². The van der Waals surface area contributed by atoms with Gasteiger partial charge in [-0.05, 0) is 38.1 Å². The summed E-state index contributed by atoms with van der Waals surface area (Å²) < 4.78 is 0. The third-order valence-electron chi connectivity index (χ3n) is 5.47. The Labute approximate surface area is 154 Å². The molecule has 3 nitrogen and oxygen atoms in total. The Morgan fingerprint density at radius 1 is 1.00 bits per heavy atom. The van der Waals surface area contributed by atoms with Crippen molar-refractivity contribution in [2.75, 3.05) is 38.6 Å². The molecule has 0 unspecified atom stereocenters. The van der Waals surface area contributed by atoms with Crippen LogP contribution in [0.15, 0.2) is 53.5 Å². The molecule has 25 heavy (non-hydrogen) atoms. The molecule has 1 saturated heterocycles. The zero-order valence-electron chi connectivity index (χ0n) is 14.9. The van der Waals surface area contributed by atoms with Gasteiger partial charge in [-0.15, -0.1) is 0 Å². The summed E-state index contributed by atoms with van der Waals surface area (Å²) in [6.45, 7) is 3.14. The maximum absolute atomic E-state index is 6.35. The molecular weight excluding hydrogens is 330 g/mol. The minimum absolute atomic E-state index is 0.0298. The van der Waals surface area contributed by atoms with Crippen LogP contribution in [0.3, 0.4) is 0 Å². The number of piperidine rings is 1. The van der Waals surface area contributed by atoms with Crippen LogP contribution in [0.1, 0.15) is 24.0 Å². The van der Waals surface area contributed by atoms with Gasteiger partial charge < -0.3 is 9.80 Å². The maximum Gasteiger partial charge on any atom is 0.0814 e. The van der Waals surface area contributed by atoms with E-state index in [9.17, 15) is 0 Å². The summed E-state index contributed by atoms with van der Waals surface area (Å²) in [4.78, 5) is 10.2. The molecule has 4 rings (SSSR count). The fourth-order valence-corrected chi connectivity index (χ4v) is 4.18. The van der Waals surface area contributed by atoms with Crippen molar-refractivity contribution in [3.05, 3.63) is 64.7 Å². The van der Waals surface area contributed by atoms with Gasteiger partial charge in [0.05, 0.1) is 11.3 Å². The fourth-order valence-electron chi connectivity index (χ4n) is 4.01. The summed E-state index contributed by atoms with van der Waals surface area (Å²) in [6.07, 6.45) is 2.18. The van der Waals surface area contributed by atoms with Gasteiger partial charge in [0.15, 0.2) is 0 Å². The van der Waals surface area contributed by atoms with Gasteiger partial charge in [-0.2, -0.15) is 0 Å². The Bertz CT molecular complexity index is 792. The lowest BCUT2D eigenvalue weighted by Crippen LogP contribution is -2.48. The van der Waals surface area contributed by atoms with Crippen molar-refractivity contribution in [1.82, 2.24) is 4.90 Å². The van der Waals surface area contributed by atoms with Gasteiger partial charge in [-0.3, -0.25) is 4.99 Å². The summed E-state index contributed by atoms with van der Waals surface area (Å²) in [7, 11) is 4.37. The van der Waals surface area contributed by atoms with Crippen molar-refractivity contribution >= 4 is 23.0 Å². The molecule has 0 radical (unpaired) electrons. The highest BCUT2D eigenvalue weighted by atomic mass is 35.5. The first-order chi connectivity index (χ1) is 12.1. The molecule has 0 atom stereocenters. The molecule has 0 bridgehead atoms. The SMILES string of the molecule is CN1CCC2(CC1)CN(C)c1ccc(Cl)cc1C(c1ccccc1)=N2. The number of benzene rings is 2. The minimum atomic E-state index is -0.0298. The Morgan fingerprint density at radius 3 is 2.44 bits per heavy atom. The molecule has 0 amide bonds. The molecule has 0 N–H and O–H groups in total. The van der Waals surface area contributed by atoms with E-state index in [4.69, 9.17) is 16.6 Å². The van der Waals surface area contributed by atoms with E-state index in [2.05, 4.69) is 66.4 Å². The van der Waals surface area contributed by atoms with Crippen LogP contribution in [-0.4, -0.2) is 49.9 Å². The third kappa shape index (κ3) is 3.19. The molecule has 4 heteroatoms. The second kappa shape index (κ2) is 6.47. The highest BCUT2D eigenvalue weighted by molar-refractivity contribution is 6.31. The number of hydrogen-bond donors (Lipinski definition) is 0. The lowest BCUT2D eigenvalue weighted by Gasteiger charge is -2.39. The smallest absolute Gasteiger partial charge is 0.0814 e. The van der Waals surface area contributed by atoms with Crippen LogP contribution in [0, 0.1) is 0 Å². The number of likely N-dealkylation sites (N-methyl/N-ethyl adjacent to an activating group) is 1. The number of hydrogen-bond acceptors (Lipinski definition) is 3. The van der Waals surface area contributed by atoms with E-state index in [1.165, 1.54) is 11.3 Å². The lowest BCUT2D eigenvalue weighted by molar-refractivity contribution is 0.196. The van der Waals surface area contributed by atoms with Gasteiger partial charge in [0, 0.05) is 48.5 Å². The first-order valence-corrected chi connectivity index (χ1v) is 9.29. The highest BCUT2D eigenvalue weighted by Crippen LogP contribution is 2.36. The number of likely N-dealkylation sites (tertiary alicyclic amines) is 1. The number of anilines is 1. The monoisotopic (exact) mass is 353 g/mol. The number of fused-ring (bicyclic) bond motifs is 1. The zero-order valence-corrected chi connectivity index (χ0v) is 15.6. The van der Waals surface area contributed by atoms with Crippen molar-refractivity contribution in [2.45, 2.75) is 18.4 Å². The van der Waals surface area contributed by atoms with Crippen LogP contribution in [0.25, 0.3) is 0 Å². The molecule has 130 valence electrons. The molecule has 0 aromatic heterocycles. The van der Waals surface area contributed by atoms with Crippen molar-refractivity contribution in [2.24, 2.45) is 4.99 Å². The van der Waals surface area contributed by atoms with E-state index in [0.29, 0.717) is 0 Å². The first-order valence-electron chi connectivity index (χ1n) is 8.91. The predicted molar refractivity (Wildman–Crippen MR) is 106 cm³/mol. The average Bonchev–Trinajstić information content (AvgIpc) is 2.73. The van der Waals surface area contributed by atoms with Gasteiger partial charge in [-0.1, -0.05) is 41.9 Å². The van der Waals surface area contributed by atoms with Crippen molar-refractivity contribution in [1.29, 1.82) is 0 Å². The zero-order chi connectivity index (χ0) is 17.4. The van der Waals surface area contributed by atoms with Crippen LogP contribution in [-0.2, 0) is 0 Å². The summed E-state index contributed by atoms with van der Waals surface area (Å²) in [5, 5.41) is 0.759. The Balaban J connectivity index is 1.89. The maximum atomic E-state index is 6.35. The predicted octanol–water partition coefficient (Wildman–Crippen LogP) is 4.09. The van der Waals surface area contributed by atoms with Crippen LogP contribution in [0.4, 0.5) is 5.69 Å². The van der Waals surface area contributed by atoms with Crippen molar-refractivity contribution < 1.29 is 0 Å². The first kappa shape index (κ1) is 16.6. The van der Waals surface area contributed by atoms with E-state index in [1.54, 1.807) is 0 Å². The number of nitrogens with zero attached hydrogens (tertiary/aromatic N) is 3. The second-order valence-corrected chi connectivity index (χ2v) is 7.81. The average molecular weight is 354 g/mol. The molecule has 1 spiro atoms. The van der Waals surface area contributed by atoms with Gasteiger partial charge in [0.1, 0.15) is 0 Å². The van der Waals surface area contributed by atoms with Crippen LogP contribution in [0.2, 0.25) is 5.02 Å². The van der Waals surface area contributed by atoms with Gasteiger partial charge in [-0.25, -0.2) is 0 Å². The number of rotatable bonds is 1. The Hall–Kier alpha value is -1.84. The third-order valence-corrected chi connectivity index (χ3v) is 5.71. The van der Waals surface area contributed by atoms with Crippen molar-refractivity contribution in [3.8, 4) is 0 Å². The summed E-state index contributed by atoms with van der Waals surface area (Å²) in [5.41, 5.74) is 4.56. The molecule has 2 aromatic carbocycles. The Kier molecular flexibility index (Phi) is 4.30. The molecular formula is C21H24ClN3. The Morgan fingerprint density at radius 2 is 1.72 bits per heavy atom. The highest BCUT2D eigenvalue weighted by Gasteiger charge is 2.38. The lowest BCUT2D eigenvalue weighted by atomic mass is 9.87. The van der Waals surface area contributed by atoms with E-state index in [1.807, 2.05) is 6.07 Å². The quantitative estimate of drug-likeness (QED) is 0.769. The standard InChI is InChI=1S/C21H24ClN3/c1-24-12-10-21(11-13-24)15-25(2)19-9-8-17(22)14-18(19)20(23-21)16-6-4-3-5-7-16/h3-9,14H,10-13,15H2,1-2H3. The van der Waals surface area contributed by atoms with E-state index < -0.39 is 0 Å². The molecule has 2 aliphatic rings. The van der Waals surface area contributed by atoms with Crippen molar-refractivity contribution in [3.63, 3.8) is 0 Å². The van der Waals surface area contributed by atoms with Gasteiger partial charge >= 0.3 is 0 Å². The summed E-state index contributed by atoms with van der Waals surface area (Å²) in [6, 6.07) is 16.7. The minimum Gasteiger partial charge on any atom is -0.372 e. The topological polar surface area (TPSA) is 18.8 Å². The molecule has 2 aliphatic heterocycles. The van der Waals surface area contributed by atoms with Crippen LogP contribution < -0.4 is 4.90 Å². The fraction of sp³-hybridized carbons (Fsp3) is 0.381. The molecule has 0 saturated carbocycles. The molecule has 0 aliphatic carbocycles. The van der Waals surface area contributed by atoms with Gasteiger partial charge in [0.2, 0.25) is 0 Å². The molecule has 2 aromatic rings. The van der Waals surface area contributed by atoms with Crippen LogP contribution >= 0.6 is 11.6 Å². The largest absolute Gasteiger partial charge is 0.372 e.